The van der Waals surface area contributed by atoms with Gasteiger partial charge in [-0.1, -0.05) is 0 Å². The smallest absolute Gasteiger partial charge is 0.313 e. The number of carbonyl (C=O) groups excluding carboxylic acids is 3. The molecular weight excluding hydrogens is 290 g/mol. The van der Waals surface area contributed by atoms with Crippen molar-refractivity contribution in [2.45, 2.75) is 19.8 Å². The molecule has 0 unspecified atom stereocenters. The van der Waals surface area contributed by atoms with Crippen LogP contribution < -0.4 is 16.0 Å². The number of aliphatic carboxylic acids is 1. The third-order valence-electron chi connectivity index (χ3n) is 2.52. The Hall–Kier alpha value is -2.90. The summed E-state index contributed by atoms with van der Waals surface area (Å²) in [7, 11) is 0. The second kappa shape index (κ2) is 8.40. The number of carboxylic acid groups (broad SMARTS) is 1. The van der Waals surface area contributed by atoms with E-state index in [4.69, 9.17) is 5.11 Å². The summed E-state index contributed by atoms with van der Waals surface area (Å²) >= 11 is 0. The van der Waals surface area contributed by atoms with Crippen molar-refractivity contribution < 1.29 is 24.3 Å². The standard InChI is InChI=1S/C14H17N3O5/c1-9(18)16-10-4-6-11(7-5-10)17-14(22)13(21)15-8-2-3-12(19)20/h4-7H,2-3,8H2,1H3,(H,15,21)(H,16,18)(H,17,22)(H,19,20). The first-order valence-electron chi connectivity index (χ1n) is 6.57. The Morgan fingerprint density at radius 1 is 0.955 bits per heavy atom. The molecule has 0 saturated heterocycles. The van der Waals surface area contributed by atoms with Crippen molar-refractivity contribution >= 4 is 35.1 Å². The molecule has 8 heteroatoms. The summed E-state index contributed by atoms with van der Waals surface area (Å²) in [5.41, 5.74) is 0.975. The van der Waals surface area contributed by atoms with Gasteiger partial charge in [0.1, 0.15) is 0 Å². The van der Waals surface area contributed by atoms with Crippen molar-refractivity contribution in [2.75, 3.05) is 17.2 Å². The highest BCUT2D eigenvalue weighted by Crippen LogP contribution is 2.13. The fourth-order valence-electron chi connectivity index (χ4n) is 1.55. The topological polar surface area (TPSA) is 125 Å². The van der Waals surface area contributed by atoms with Crippen LogP contribution in [-0.2, 0) is 19.2 Å². The Labute approximate surface area is 126 Å². The highest BCUT2D eigenvalue weighted by atomic mass is 16.4. The van der Waals surface area contributed by atoms with E-state index < -0.39 is 17.8 Å². The van der Waals surface area contributed by atoms with Gasteiger partial charge in [-0.25, -0.2) is 0 Å². The zero-order chi connectivity index (χ0) is 16.5. The molecule has 0 spiro atoms. The van der Waals surface area contributed by atoms with Gasteiger partial charge in [0.25, 0.3) is 0 Å². The molecule has 0 aromatic heterocycles. The summed E-state index contributed by atoms with van der Waals surface area (Å²) < 4.78 is 0. The van der Waals surface area contributed by atoms with Gasteiger partial charge in [-0.2, -0.15) is 0 Å². The largest absolute Gasteiger partial charge is 0.481 e. The lowest BCUT2D eigenvalue weighted by molar-refractivity contribution is -0.137. The van der Waals surface area contributed by atoms with Gasteiger partial charge >= 0.3 is 17.8 Å². The molecule has 0 heterocycles. The van der Waals surface area contributed by atoms with Gasteiger partial charge in [0, 0.05) is 31.3 Å². The third kappa shape index (κ3) is 6.51. The van der Waals surface area contributed by atoms with Crippen LogP contribution in [0.15, 0.2) is 24.3 Å². The molecule has 1 aromatic carbocycles. The molecule has 0 radical (unpaired) electrons. The molecule has 0 saturated carbocycles. The predicted molar refractivity (Wildman–Crippen MR) is 79.3 cm³/mol. The summed E-state index contributed by atoms with van der Waals surface area (Å²) in [6.07, 6.45) is 0.173. The predicted octanol–water partition coefficient (Wildman–Crippen LogP) is 0.564. The van der Waals surface area contributed by atoms with Gasteiger partial charge in [-0.3, -0.25) is 19.2 Å². The van der Waals surface area contributed by atoms with Gasteiger partial charge in [-0.05, 0) is 30.7 Å². The van der Waals surface area contributed by atoms with Gasteiger partial charge < -0.3 is 21.1 Å². The van der Waals surface area contributed by atoms with Crippen molar-refractivity contribution in [1.82, 2.24) is 5.32 Å². The molecule has 0 atom stereocenters. The fraction of sp³-hybridized carbons (Fsp3) is 0.286. The first kappa shape index (κ1) is 17.2. The lowest BCUT2D eigenvalue weighted by Gasteiger charge is -2.07. The van der Waals surface area contributed by atoms with Crippen LogP contribution in [0.4, 0.5) is 11.4 Å². The van der Waals surface area contributed by atoms with E-state index in [-0.39, 0.29) is 25.3 Å². The summed E-state index contributed by atoms with van der Waals surface area (Å²) in [6, 6.07) is 6.26. The van der Waals surface area contributed by atoms with E-state index >= 15 is 0 Å². The Bertz CT molecular complexity index is 568. The van der Waals surface area contributed by atoms with E-state index in [0.717, 1.165) is 0 Å². The maximum Gasteiger partial charge on any atom is 0.313 e. The Morgan fingerprint density at radius 3 is 2.00 bits per heavy atom. The molecule has 0 aliphatic carbocycles. The van der Waals surface area contributed by atoms with Crippen molar-refractivity contribution in [1.29, 1.82) is 0 Å². The number of carbonyl (C=O) groups is 4. The molecule has 8 nitrogen and oxygen atoms in total. The number of nitrogens with one attached hydrogen (secondary N) is 3. The van der Waals surface area contributed by atoms with Gasteiger partial charge in [0.2, 0.25) is 5.91 Å². The number of benzene rings is 1. The van der Waals surface area contributed by atoms with Crippen LogP contribution >= 0.6 is 0 Å². The normalized spacial score (nSPS) is 9.68. The molecule has 0 aliphatic heterocycles. The molecule has 0 aliphatic rings. The molecule has 3 amide bonds. The Morgan fingerprint density at radius 2 is 1.50 bits per heavy atom. The first-order valence-corrected chi connectivity index (χ1v) is 6.57. The van der Waals surface area contributed by atoms with Crippen LogP contribution in [0, 0.1) is 0 Å². The molecule has 1 rings (SSSR count). The SMILES string of the molecule is CC(=O)Nc1ccc(NC(=O)C(=O)NCCCC(=O)O)cc1. The monoisotopic (exact) mass is 307 g/mol. The van der Waals surface area contributed by atoms with Crippen molar-refractivity contribution in [3.05, 3.63) is 24.3 Å². The summed E-state index contributed by atoms with van der Waals surface area (Å²) in [6.45, 7) is 1.49. The maximum absolute atomic E-state index is 11.6. The Balaban J connectivity index is 2.41. The van der Waals surface area contributed by atoms with Gasteiger partial charge in [-0.15, -0.1) is 0 Å². The minimum Gasteiger partial charge on any atom is -0.481 e. The average Bonchev–Trinajstić information content (AvgIpc) is 2.44. The first-order chi connectivity index (χ1) is 10.4. The van der Waals surface area contributed by atoms with Crippen molar-refractivity contribution in [3.8, 4) is 0 Å². The average molecular weight is 307 g/mol. The van der Waals surface area contributed by atoms with E-state index in [2.05, 4.69) is 16.0 Å². The Kier molecular flexibility index (Phi) is 6.55. The molecule has 4 N–H and O–H groups in total. The van der Waals surface area contributed by atoms with E-state index in [1.165, 1.54) is 6.92 Å². The van der Waals surface area contributed by atoms with Crippen LogP contribution in [0.3, 0.4) is 0 Å². The molecule has 22 heavy (non-hydrogen) atoms. The van der Waals surface area contributed by atoms with Crippen molar-refractivity contribution in [3.63, 3.8) is 0 Å². The van der Waals surface area contributed by atoms with Gasteiger partial charge in [0.05, 0.1) is 0 Å². The number of hydrogen-bond donors (Lipinski definition) is 4. The second-order valence-corrected chi connectivity index (χ2v) is 4.47. The lowest BCUT2D eigenvalue weighted by Crippen LogP contribution is -2.36. The zero-order valence-corrected chi connectivity index (χ0v) is 12.0. The van der Waals surface area contributed by atoms with E-state index in [0.29, 0.717) is 11.4 Å². The third-order valence-corrected chi connectivity index (χ3v) is 2.52. The number of amides is 3. The molecule has 118 valence electrons. The molecule has 0 bridgehead atoms. The maximum atomic E-state index is 11.6. The van der Waals surface area contributed by atoms with Crippen LogP contribution in [0.1, 0.15) is 19.8 Å². The number of hydrogen-bond acceptors (Lipinski definition) is 4. The van der Waals surface area contributed by atoms with Crippen LogP contribution in [0.2, 0.25) is 0 Å². The fourth-order valence-corrected chi connectivity index (χ4v) is 1.55. The van der Waals surface area contributed by atoms with Gasteiger partial charge in [0.15, 0.2) is 0 Å². The summed E-state index contributed by atoms with van der Waals surface area (Å²) in [5.74, 6) is -2.85. The minimum absolute atomic E-state index is 0.0769. The molecular formula is C14H17N3O5. The van der Waals surface area contributed by atoms with E-state index in [1.807, 2.05) is 0 Å². The van der Waals surface area contributed by atoms with Crippen LogP contribution in [0.5, 0.6) is 0 Å². The highest BCUT2D eigenvalue weighted by molar-refractivity contribution is 6.39. The van der Waals surface area contributed by atoms with Crippen LogP contribution in [-0.4, -0.2) is 35.3 Å². The quantitative estimate of drug-likeness (QED) is 0.451. The molecule has 1 aromatic rings. The minimum atomic E-state index is -0.960. The van der Waals surface area contributed by atoms with E-state index in [9.17, 15) is 19.2 Å². The second-order valence-electron chi connectivity index (χ2n) is 4.47. The number of rotatable bonds is 6. The van der Waals surface area contributed by atoms with Crippen molar-refractivity contribution in [2.24, 2.45) is 0 Å². The number of anilines is 2. The summed E-state index contributed by atoms with van der Waals surface area (Å²) in [4.78, 5) is 44.2. The molecule has 0 fully saturated rings. The highest BCUT2D eigenvalue weighted by Gasteiger charge is 2.13. The zero-order valence-electron chi connectivity index (χ0n) is 12.0. The number of carboxylic acids is 1. The summed E-state index contributed by atoms with van der Waals surface area (Å²) in [5, 5.41) is 15.7. The van der Waals surface area contributed by atoms with Crippen LogP contribution in [0.25, 0.3) is 0 Å². The van der Waals surface area contributed by atoms with E-state index in [1.54, 1.807) is 24.3 Å². The lowest BCUT2D eigenvalue weighted by atomic mass is 10.2.